The molecule has 0 aliphatic rings. The van der Waals surface area contributed by atoms with Crippen molar-refractivity contribution in [2.24, 2.45) is 0 Å². The lowest BCUT2D eigenvalue weighted by Crippen LogP contribution is -2.28. The molecule has 0 radical (unpaired) electrons. The van der Waals surface area contributed by atoms with E-state index in [1.165, 1.54) is 0 Å². The molecule has 2 nitrogen and oxygen atoms in total. The van der Waals surface area contributed by atoms with Crippen molar-refractivity contribution in [1.82, 2.24) is 5.32 Å². The second-order valence-corrected chi connectivity index (χ2v) is 5.24. The van der Waals surface area contributed by atoms with Gasteiger partial charge < -0.3 is 10.4 Å². The predicted molar refractivity (Wildman–Crippen MR) is 73.8 cm³/mol. The number of hydrogen-bond donors (Lipinski definition) is 2. The maximum Gasteiger partial charge on any atom is 0.0895 e. The highest BCUT2D eigenvalue weighted by Gasteiger charge is 2.25. The number of rotatable bonds is 6. The van der Waals surface area contributed by atoms with Crippen LogP contribution in [-0.2, 0) is 5.60 Å². The summed E-state index contributed by atoms with van der Waals surface area (Å²) in [6.07, 6.45) is 1.69. The van der Waals surface area contributed by atoms with Crippen LogP contribution < -0.4 is 5.32 Å². The van der Waals surface area contributed by atoms with Crippen LogP contribution in [0.5, 0.6) is 0 Å². The van der Waals surface area contributed by atoms with Crippen molar-refractivity contribution in [3.63, 3.8) is 0 Å². The average Bonchev–Trinajstić information content (AvgIpc) is 2.28. The lowest BCUT2D eigenvalue weighted by molar-refractivity contribution is 0.0482. The van der Waals surface area contributed by atoms with Gasteiger partial charge in [-0.05, 0) is 51.1 Å². The van der Waals surface area contributed by atoms with Gasteiger partial charge in [0.2, 0.25) is 0 Å². The number of nitrogens with one attached hydrogen (secondary N) is 1. The highest BCUT2D eigenvalue weighted by atomic mass is 35.5. The molecule has 1 rings (SSSR count). The summed E-state index contributed by atoms with van der Waals surface area (Å²) in [4.78, 5) is 0. The molecule has 0 aromatic heterocycles. The van der Waals surface area contributed by atoms with Gasteiger partial charge in [-0.25, -0.2) is 0 Å². The minimum atomic E-state index is -0.956. The molecule has 1 aromatic carbocycles. The second kappa shape index (κ2) is 6.60. The zero-order valence-electron chi connectivity index (χ0n) is 10.3. The first-order valence-electron chi connectivity index (χ1n) is 5.86. The summed E-state index contributed by atoms with van der Waals surface area (Å²) in [5, 5.41) is 14.8. The van der Waals surface area contributed by atoms with Crippen LogP contribution in [0, 0.1) is 0 Å². The summed E-state index contributed by atoms with van der Waals surface area (Å²) >= 11 is 12.0. The first kappa shape index (κ1) is 14.8. The molecule has 17 heavy (non-hydrogen) atoms. The number of benzene rings is 1. The first-order valence-corrected chi connectivity index (χ1v) is 6.61. The molecule has 0 heterocycles. The fraction of sp³-hybridized carbons (Fsp3) is 0.538. The van der Waals surface area contributed by atoms with Crippen molar-refractivity contribution in [2.75, 3.05) is 13.1 Å². The van der Waals surface area contributed by atoms with Crippen LogP contribution in [-0.4, -0.2) is 18.2 Å². The SMILES string of the molecule is CCCNCCC(C)(O)c1cc(Cl)ccc1Cl. The number of hydrogen-bond acceptors (Lipinski definition) is 2. The quantitative estimate of drug-likeness (QED) is 0.778. The van der Waals surface area contributed by atoms with Gasteiger partial charge in [0, 0.05) is 15.6 Å². The summed E-state index contributed by atoms with van der Waals surface area (Å²) in [5.41, 5.74) is -0.270. The molecule has 0 aliphatic heterocycles. The summed E-state index contributed by atoms with van der Waals surface area (Å²) < 4.78 is 0. The number of aliphatic hydroxyl groups is 1. The van der Waals surface area contributed by atoms with Crippen LogP contribution in [0.15, 0.2) is 18.2 Å². The maximum atomic E-state index is 10.4. The zero-order valence-corrected chi connectivity index (χ0v) is 11.8. The maximum absolute atomic E-state index is 10.4. The Balaban J connectivity index is 2.71. The third-order valence-corrected chi connectivity index (χ3v) is 3.29. The fourth-order valence-electron chi connectivity index (χ4n) is 1.68. The Bertz CT molecular complexity index is 366. The molecule has 1 atom stereocenters. The van der Waals surface area contributed by atoms with Gasteiger partial charge in [0.15, 0.2) is 0 Å². The molecule has 0 saturated heterocycles. The van der Waals surface area contributed by atoms with Crippen molar-refractivity contribution in [3.8, 4) is 0 Å². The Morgan fingerprint density at radius 2 is 2.00 bits per heavy atom. The molecular weight excluding hydrogens is 257 g/mol. The topological polar surface area (TPSA) is 32.3 Å². The van der Waals surface area contributed by atoms with E-state index in [1.54, 1.807) is 25.1 Å². The van der Waals surface area contributed by atoms with Crippen LogP contribution in [0.2, 0.25) is 10.0 Å². The van der Waals surface area contributed by atoms with Gasteiger partial charge in [0.25, 0.3) is 0 Å². The van der Waals surface area contributed by atoms with E-state index in [0.29, 0.717) is 22.0 Å². The van der Waals surface area contributed by atoms with Gasteiger partial charge in [0.05, 0.1) is 5.60 Å². The summed E-state index contributed by atoms with van der Waals surface area (Å²) in [6.45, 7) is 5.58. The molecule has 1 aromatic rings. The summed E-state index contributed by atoms with van der Waals surface area (Å²) in [7, 11) is 0. The Labute approximate surface area is 113 Å². The van der Waals surface area contributed by atoms with E-state index in [-0.39, 0.29) is 0 Å². The molecule has 0 aliphatic carbocycles. The highest BCUT2D eigenvalue weighted by molar-refractivity contribution is 6.33. The molecule has 0 spiro atoms. The molecule has 2 N–H and O–H groups in total. The van der Waals surface area contributed by atoms with Crippen LogP contribution in [0.4, 0.5) is 0 Å². The highest BCUT2D eigenvalue weighted by Crippen LogP contribution is 2.32. The van der Waals surface area contributed by atoms with E-state index in [0.717, 1.165) is 19.5 Å². The van der Waals surface area contributed by atoms with Crippen LogP contribution >= 0.6 is 23.2 Å². The van der Waals surface area contributed by atoms with E-state index in [9.17, 15) is 5.11 Å². The van der Waals surface area contributed by atoms with Crippen molar-refractivity contribution in [3.05, 3.63) is 33.8 Å². The second-order valence-electron chi connectivity index (χ2n) is 4.40. The Hall–Kier alpha value is -0.280. The third kappa shape index (κ3) is 4.47. The van der Waals surface area contributed by atoms with Gasteiger partial charge >= 0.3 is 0 Å². The summed E-state index contributed by atoms with van der Waals surface area (Å²) in [5.74, 6) is 0. The Morgan fingerprint density at radius 1 is 1.29 bits per heavy atom. The Kier molecular flexibility index (Phi) is 5.74. The van der Waals surface area contributed by atoms with Crippen molar-refractivity contribution in [2.45, 2.75) is 32.3 Å². The van der Waals surface area contributed by atoms with Gasteiger partial charge in [-0.2, -0.15) is 0 Å². The molecule has 0 amide bonds. The molecule has 0 saturated carbocycles. The van der Waals surface area contributed by atoms with Crippen LogP contribution in [0.1, 0.15) is 32.3 Å². The molecule has 4 heteroatoms. The molecule has 0 bridgehead atoms. The standard InChI is InChI=1S/C13H19Cl2NO/c1-3-7-16-8-6-13(2,17)11-9-10(14)4-5-12(11)15/h4-5,9,16-17H,3,6-8H2,1-2H3. The zero-order chi connectivity index (χ0) is 12.9. The summed E-state index contributed by atoms with van der Waals surface area (Å²) in [6, 6.07) is 5.16. The molecule has 1 unspecified atom stereocenters. The normalized spacial score (nSPS) is 14.6. The van der Waals surface area contributed by atoms with E-state index >= 15 is 0 Å². The van der Waals surface area contributed by atoms with E-state index in [2.05, 4.69) is 12.2 Å². The molecule has 0 fully saturated rings. The van der Waals surface area contributed by atoms with Gasteiger partial charge in [-0.3, -0.25) is 0 Å². The fourth-order valence-corrected chi connectivity index (χ4v) is 2.17. The van der Waals surface area contributed by atoms with E-state index < -0.39 is 5.60 Å². The first-order chi connectivity index (χ1) is 7.97. The minimum absolute atomic E-state index is 0.551. The van der Waals surface area contributed by atoms with Crippen molar-refractivity contribution < 1.29 is 5.11 Å². The minimum Gasteiger partial charge on any atom is -0.385 e. The largest absolute Gasteiger partial charge is 0.385 e. The van der Waals surface area contributed by atoms with E-state index in [1.807, 2.05) is 0 Å². The monoisotopic (exact) mass is 275 g/mol. The smallest absolute Gasteiger partial charge is 0.0895 e. The van der Waals surface area contributed by atoms with Crippen LogP contribution in [0.3, 0.4) is 0 Å². The lowest BCUT2D eigenvalue weighted by atomic mass is 9.92. The number of halogens is 2. The van der Waals surface area contributed by atoms with Crippen molar-refractivity contribution >= 4 is 23.2 Å². The van der Waals surface area contributed by atoms with Gasteiger partial charge in [-0.1, -0.05) is 30.1 Å². The average molecular weight is 276 g/mol. The van der Waals surface area contributed by atoms with Gasteiger partial charge in [-0.15, -0.1) is 0 Å². The van der Waals surface area contributed by atoms with Crippen LogP contribution in [0.25, 0.3) is 0 Å². The lowest BCUT2D eigenvalue weighted by Gasteiger charge is -2.25. The third-order valence-electron chi connectivity index (χ3n) is 2.72. The van der Waals surface area contributed by atoms with E-state index in [4.69, 9.17) is 23.2 Å². The van der Waals surface area contributed by atoms with Gasteiger partial charge in [0.1, 0.15) is 0 Å². The molecule has 96 valence electrons. The Morgan fingerprint density at radius 3 is 2.65 bits per heavy atom. The predicted octanol–water partition coefficient (Wildman–Crippen LogP) is 3.59. The van der Waals surface area contributed by atoms with Crippen molar-refractivity contribution in [1.29, 1.82) is 0 Å². The molecular formula is C13H19Cl2NO.